The Balaban J connectivity index is 1.56. The van der Waals surface area contributed by atoms with Gasteiger partial charge in [0.25, 0.3) is 0 Å². The first kappa shape index (κ1) is 27.9. The molecule has 3 rings (SSSR count). The molecule has 7 nitrogen and oxygen atoms in total. The summed E-state index contributed by atoms with van der Waals surface area (Å²) in [6.45, 7) is 5.28. The van der Waals surface area contributed by atoms with E-state index in [1.165, 1.54) is 12.1 Å². The predicted octanol–water partition coefficient (Wildman–Crippen LogP) is 5.38. The largest absolute Gasteiger partial charge is 0.481 e. The molecular formula is C26H28F4N4O3. The third kappa shape index (κ3) is 8.42. The molecule has 0 radical (unpaired) electrons. The number of aromatic nitrogens is 2. The molecular weight excluding hydrogens is 492 g/mol. The molecule has 0 aliphatic heterocycles. The van der Waals surface area contributed by atoms with E-state index in [0.717, 1.165) is 23.4 Å². The Labute approximate surface area is 211 Å². The summed E-state index contributed by atoms with van der Waals surface area (Å²) in [4.78, 5) is 10.6. The molecule has 0 spiro atoms. The number of alkyl halides is 3. The van der Waals surface area contributed by atoms with E-state index in [1.807, 2.05) is 38.1 Å². The smallest absolute Gasteiger partial charge is 0.416 e. The van der Waals surface area contributed by atoms with Gasteiger partial charge in [-0.05, 0) is 47.9 Å². The Hall–Kier alpha value is -3.73. The zero-order valence-corrected chi connectivity index (χ0v) is 20.3. The van der Waals surface area contributed by atoms with Crippen molar-refractivity contribution in [2.24, 2.45) is 5.92 Å². The number of hydrogen-bond acceptors (Lipinski definition) is 6. The van der Waals surface area contributed by atoms with Crippen LogP contribution in [0.5, 0.6) is 5.88 Å². The second kappa shape index (κ2) is 12.5. The summed E-state index contributed by atoms with van der Waals surface area (Å²) in [6.07, 6.45) is -4.57. The highest BCUT2D eigenvalue weighted by Gasteiger charge is 2.31. The number of carboxylic acids is 1. The lowest BCUT2D eigenvalue weighted by Crippen LogP contribution is -2.32. The fourth-order valence-corrected chi connectivity index (χ4v) is 3.38. The molecule has 2 aromatic carbocycles. The van der Waals surface area contributed by atoms with Gasteiger partial charge in [-0.3, -0.25) is 4.79 Å². The Bertz CT molecular complexity index is 1170. The summed E-state index contributed by atoms with van der Waals surface area (Å²) >= 11 is 0. The van der Waals surface area contributed by atoms with Gasteiger partial charge in [-0.15, -0.1) is 10.2 Å². The summed E-state index contributed by atoms with van der Waals surface area (Å²) in [5.41, 5.74) is 0.837. The van der Waals surface area contributed by atoms with Crippen LogP contribution in [0.4, 0.5) is 23.2 Å². The predicted molar refractivity (Wildman–Crippen MR) is 131 cm³/mol. The zero-order valence-electron chi connectivity index (χ0n) is 20.3. The normalized spacial score (nSPS) is 12.4. The second-order valence-corrected chi connectivity index (χ2v) is 8.77. The van der Waals surface area contributed by atoms with Gasteiger partial charge in [-0.2, -0.15) is 13.2 Å². The molecule has 0 amide bonds. The number of nitrogens with one attached hydrogen (secondary N) is 2. The minimum Gasteiger partial charge on any atom is -0.481 e. The lowest BCUT2D eigenvalue weighted by atomic mass is 10.0. The summed E-state index contributed by atoms with van der Waals surface area (Å²) in [5, 5.41) is 23.0. The van der Waals surface area contributed by atoms with E-state index < -0.39 is 23.5 Å². The van der Waals surface area contributed by atoms with Crippen LogP contribution in [0.3, 0.4) is 0 Å². The lowest BCUT2D eigenvalue weighted by Gasteiger charge is -2.23. The highest BCUT2D eigenvalue weighted by Crippen LogP contribution is 2.32. The molecule has 37 heavy (non-hydrogen) atoms. The molecule has 0 fully saturated rings. The van der Waals surface area contributed by atoms with Crippen LogP contribution in [0.2, 0.25) is 0 Å². The van der Waals surface area contributed by atoms with Crippen molar-refractivity contribution in [3.05, 3.63) is 71.5 Å². The van der Waals surface area contributed by atoms with Crippen LogP contribution in [0.1, 0.15) is 31.4 Å². The number of carboxylic acid groups (broad SMARTS) is 1. The summed E-state index contributed by atoms with van der Waals surface area (Å²) in [7, 11) is 0. The van der Waals surface area contributed by atoms with Crippen LogP contribution < -0.4 is 15.4 Å². The Morgan fingerprint density at radius 1 is 1.05 bits per heavy atom. The topological polar surface area (TPSA) is 96.4 Å². The molecule has 11 heteroatoms. The first-order chi connectivity index (χ1) is 17.5. The van der Waals surface area contributed by atoms with Gasteiger partial charge < -0.3 is 20.5 Å². The number of benzene rings is 2. The van der Waals surface area contributed by atoms with Crippen LogP contribution in [0.25, 0.3) is 11.3 Å². The highest BCUT2D eigenvalue weighted by atomic mass is 19.4. The van der Waals surface area contributed by atoms with Crippen molar-refractivity contribution in [3.8, 4) is 17.1 Å². The van der Waals surface area contributed by atoms with Gasteiger partial charge in [0.05, 0.1) is 23.7 Å². The standard InChI is InChI=1S/C26H28F4N4O3/c1-16(2)23(32-19-6-3-17(4-7-19)14-31-12-11-25(35)36)15-37-24-10-9-22(33-34-24)20-8-5-18(13-21(20)27)26(28,29)30/h3-10,13,16,23,31-32H,11-12,14-15H2,1-2H3,(H,35,36)/t23-/m1/s1. The summed E-state index contributed by atoms with van der Waals surface area (Å²) in [6, 6.07) is 12.9. The number of anilines is 1. The third-order valence-corrected chi connectivity index (χ3v) is 5.58. The molecule has 1 heterocycles. The number of ether oxygens (including phenoxy) is 1. The number of rotatable bonds is 12. The van der Waals surface area contributed by atoms with Crippen LogP contribution in [-0.4, -0.2) is 40.5 Å². The maximum Gasteiger partial charge on any atom is 0.416 e. The van der Waals surface area contributed by atoms with Crippen LogP contribution in [0, 0.1) is 11.7 Å². The van der Waals surface area contributed by atoms with Gasteiger partial charge in [0.1, 0.15) is 12.4 Å². The van der Waals surface area contributed by atoms with E-state index in [9.17, 15) is 22.4 Å². The summed E-state index contributed by atoms with van der Waals surface area (Å²) in [5.74, 6) is -1.48. The average Bonchev–Trinajstić information content (AvgIpc) is 2.85. The Morgan fingerprint density at radius 3 is 2.35 bits per heavy atom. The van der Waals surface area contributed by atoms with Crippen molar-refractivity contribution >= 4 is 11.7 Å². The maximum atomic E-state index is 14.2. The van der Waals surface area contributed by atoms with Crippen LogP contribution in [0.15, 0.2) is 54.6 Å². The number of hydrogen-bond donors (Lipinski definition) is 3. The first-order valence-electron chi connectivity index (χ1n) is 11.6. The quantitative estimate of drug-likeness (QED) is 0.218. The van der Waals surface area contributed by atoms with Gasteiger partial charge in [-0.25, -0.2) is 4.39 Å². The fraction of sp³-hybridized carbons (Fsp3) is 0.346. The fourth-order valence-electron chi connectivity index (χ4n) is 3.38. The monoisotopic (exact) mass is 520 g/mol. The van der Waals surface area contributed by atoms with Gasteiger partial charge in [0.2, 0.25) is 5.88 Å². The first-order valence-corrected chi connectivity index (χ1v) is 11.6. The Kier molecular flexibility index (Phi) is 9.40. The number of aliphatic carboxylic acids is 1. The maximum absolute atomic E-state index is 14.2. The molecule has 0 unspecified atom stereocenters. The lowest BCUT2D eigenvalue weighted by molar-refractivity contribution is -0.138. The molecule has 1 atom stereocenters. The molecule has 0 aliphatic rings. The van der Waals surface area contributed by atoms with Crippen LogP contribution >= 0.6 is 0 Å². The van der Waals surface area contributed by atoms with E-state index >= 15 is 0 Å². The molecule has 0 saturated heterocycles. The molecule has 0 aliphatic carbocycles. The average molecular weight is 521 g/mol. The highest BCUT2D eigenvalue weighted by molar-refractivity contribution is 5.66. The zero-order chi connectivity index (χ0) is 27.0. The van der Waals surface area contributed by atoms with E-state index in [2.05, 4.69) is 20.8 Å². The van der Waals surface area contributed by atoms with Crippen LogP contribution in [-0.2, 0) is 17.5 Å². The molecule has 1 aromatic heterocycles. The van der Waals surface area contributed by atoms with Crippen molar-refractivity contribution < 1.29 is 32.2 Å². The minimum absolute atomic E-state index is 0.0642. The van der Waals surface area contributed by atoms with E-state index in [4.69, 9.17) is 9.84 Å². The Morgan fingerprint density at radius 2 is 1.78 bits per heavy atom. The minimum atomic E-state index is -4.63. The van der Waals surface area contributed by atoms with E-state index in [1.54, 1.807) is 0 Å². The number of nitrogens with zero attached hydrogens (tertiary/aromatic N) is 2. The molecule has 3 N–H and O–H groups in total. The molecule has 3 aromatic rings. The van der Waals surface area contributed by atoms with Crippen molar-refractivity contribution in [2.45, 2.75) is 39.0 Å². The van der Waals surface area contributed by atoms with Crippen molar-refractivity contribution in [2.75, 3.05) is 18.5 Å². The number of carbonyl (C=O) groups is 1. The third-order valence-electron chi connectivity index (χ3n) is 5.58. The molecule has 0 bridgehead atoms. The van der Waals surface area contributed by atoms with Crippen molar-refractivity contribution in [3.63, 3.8) is 0 Å². The number of halogens is 4. The van der Waals surface area contributed by atoms with E-state index in [0.29, 0.717) is 19.2 Å². The van der Waals surface area contributed by atoms with Gasteiger partial charge in [0.15, 0.2) is 0 Å². The summed E-state index contributed by atoms with van der Waals surface area (Å²) < 4.78 is 58.3. The van der Waals surface area contributed by atoms with Crippen molar-refractivity contribution in [1.82, 2.24) is 15.5 Å². The van der Waals surface area contributed by atoms with E-state index in [-0.39, 0.29) is 42.1 Å². The van der Waals surface area contributed by atoms with Gasteiger partial charge >= 0.3 is 12.1 Å². The second-order valence-electron chi connectivity index (χ2n) is 8.77. The van der Waals surface area contributed by atoms with Crippen molar-refractivity contribution in [1.29, 1.82) is 0 Å². The van der Waals surface area contributed by atoms with Gasteiger partial charge in [0, 0.05) is 30.4 Å². The molecule has 198 valence electrons. The molecule has 0 saturated carbocycles. The SMILES string of the molecule is CC(C)[C@@H](COc1ccc(-c2ccc(C(F)(F)F)cc2F)nn1)Nc1ccc(CNCCC(=O)O)cc1. The van der Waals surface area contributed by atoms with Gasteiger partial charge in [-0.1, -0.05) is 26.0 Å².